The van der Waals surface area contributed by atoms with Crippen molar-refractivity contribution in [3.63, 3.8) is 0 Å². The lowest BCUT2D eigenvalue weighted by molar-refractivity contribution is -0.150. The number of oxime groups is 1. The third-order valence-corrected chi connectivity index (χ3v) is 12.3. The molecule has 2 amide bonds. The van der Waals surface area contributed by atoms with Gasteiger partial charge in [0.15, 0.2) is 16.9 Å². The number of carbonyl (C=O) groups is 3. The monoisotopic (exact) mass is 902 g/mol. The number of β-lactam (4-membered cyclic amide) rings is 1. The molecule has 0 radical (unpaired) electrons. The second kappa shape index (κ2) is 17.2. The Morgan fingerprint density at radius 2 is 1.55 bits per heavy atom. The van der Waals surface area contributed by atoms with Crippen LogP contribution < -0.4 is 10.6 Å². The van der Waals surface area contributed by atoms with Crippen LogP contribution in [0.5, 0.6) is 0 Å². The van der Waals surface area contributed by atoms with Crippen molar-refractivity contribution in [2.24, 2.45) is 5.16 Å². The van der Waals surface area contributed by atoms with Crippen LogP contribution in [-0.2, 0) is 35.9 Å². The first kappa shape index (κ1) is 40.2. The summed E-state index contributed by atoms with van der Waals surface area (Å²) in [6, 6.07) is 27.2. The van der Waals surface area contributed by atoms with Gasteiger partial charge in [-0.05, 0) is 60.7 Å². The van der Waals surface area contributed by atoms with Gasteiger partial charge in [0.25, 0.3) is 11.8 Å². The summed E-state index contributed by atoms with van der Waals surface area (Å²) in [6.07, 6.45) is 1.90. The highest BCUT2D eigenvalue weighted by Gasteiger charge is 2.61. The van der Waals surface area contributed by atoms with Gasteiger partial charge in [-0.3, -0.25) is 19.4 Å². The Labute approximate surface area is 339 Å². The molecule has 0 aliphatic carbocycles. The topological polar surface area (TPSA) is 160 Å². The number of aliphatic carboxylic acids is 1. The molecule has 3 aromatic carbocycles. The number of alkyl halides is 2. The van der Waals surface area contributed by atoms with Gasteiger partial charge >= 0.3 is 12.6 Å². The summed E-state index contributed by atoms with van der Waals surface area (Å²) in [5.41, 5.74) is 0.947. The van der Waals surface area contributed by atoms with E-state index in [9.17, 15) is 32.8 Å². The van der Waals surface area contributed by atoms with Gasteiger partial charge in [-0.2, -0.15) is 8.78 Å². The van der Waals surface area contributed by atoms with E-state index in [2.05, 4.69) is 30.5 Å². The van der Waals surface area contributed by atoms with Gasteiger partial charge in [0.2, 0.25) is 5.37 Å². The molecular weight excluding hydrogens is 865 g/mol. The lowest BCUT2D eigenvalue weighted by Crippen LogP contribution is -2.75. The Kier molecular flexibility index (Phi) is 12.5. The number of amides is 2. The average molecular weight is 903 g/mol. The summed E-state index contributed by atoms with van der Waals surface area (Å²) >= 11 is -0.697. The highest BCUT2D eigenvalue weighted by atomic mass is 127. The number of benzene rings is 3. The first-order valence-electron chi connectivity index (χ1n) is 17.2. The quantitative estimate of drug-likeness (QED) is 0.0402. The molecule has 0 spiro atoms. The van der Waals surface area contributed by atoms with Crippen LogP contribution in [0.2, 0.25) is 0 Å². The number of nitrogens with zero attached hydrogens (tertiary/aromatic N) is 4. The third kappa shape index (κ3) is 7.85. The van der Waals surface area contributed by atoms with Crippen LogP contribution >= 0.6 is 35.3 Å². The lowest BCUT2D eigenvalue weighted by atomic mass is 9.77. The van der Waals surface area contributed by atoms with Crippen molar-refractivity contribution in [3.8, 4) is 0 Å². The SMILES string of the molecule is CC(C1=C(C(=O)O)N2C(=O)C(NC(=O)C(=NOC(F)F)c3csc(NC(c4ccccc4)(c4ccccc4)c4ccccc4)n3)[C@@H]2[S+]([O-])C1)N1CCCC1.I. The summed E-state index contributed by atoms with van der Waals surface area (Å²) in [7, 11) is 0. The molecule has 4 heterocycles. The number of fused-ring (bicyclic) bond motifs is 1. The molecule has 2 fully saturated rings. The van der Waals surface area contributed by atoms with Crippen molar-refractivity contribution in [2.75, 3.05) is 24.2 Å². The number of carboxylic acids is 1. The smallest absolute Gasteiger partial charge is 0.407 e. The van der Waals surface area contributed by atoms with E-state index in [0.717, 1.165) is 58.9 Å². The van der Waals surface area contributed by atoms with Gasteiger partial charge in [-0.15, -0.1) is 35.3 Å². The molecule has 12 nitrogen and oxygen atoms in total. The van der Waals surface area contributed by atoms with E-state index in [-0.39, 0.29) is 47.2 Å². The molecule has 3 N–H and O–H groups in total. The molecule has 0 bridgehead atoms. The maximum Gasteiger partial charge on any atom is 0.407 e. The first-order chi connectivity index (χ1) is 26.1. The van der Waals surface area contributed by atoms with Crippen LogP contribution in [0.1, 0.15) is 42.1 Å². The van der Waals surface area contributed by atoms with Crippen LogP contribution in [-0.4, -0.2) is 90.8 Å². The summed E-state index contributed by atoms with van der Waals surface area (Å²) in [5, 5.41) is 20.2. The minimum absolute atomic E-state index is 0. The van der Waals surface area contributed by atoms with Crippen molar-refractivity contribution < 1.29 is 37.7 Å². The molecule has 7 rings (SSSR count). The molecule has 288 valence electrons. The zero-order valence-electron chi connectivity index (χ0n) is 29.3. The zero-order valence-corrected chi connectivity index (χ0v) is 33.3. The highest BCUT2D eigenvalue weighted by Crippen LogP contribution is 2.41. The van der Waals surface area contributed by atoms with Gasteiger partial charge in [-0.25, -0.2) is 9.78 Å². The maximum absolute atomic E-state index is 13.8. The fourth-order valence-corrected chi connectivity index (χ4v) is 9.90. The number of halogens is 3. The predicted octanol–water partition coefficient (Wildman–Crippen LogP) is 5.35. The molecule has 4 atom stereocenters. The Hall–Kier alpha value is -4.43. The van der Waals surface area contributed by atoms with Crippen LogP contribution in [0.3, 0.4) is 0 Å². The van der Waals surface area contributed by atoms with E-state index >= 15 is 0 Å². The summed E-state index contributed by atoms with van der Waals surface area (Å²) in [4.78, 5) is 51.6. The van der Waals surface area contributed by atoms with Gasteiger partial charge in [0, 0.05) is 17.0 Å². The van der Waals surface area contributed by atoms with Gasteiger partial charge in [0.05, 0.1) is 0 Å². The summed E-state index contributed by atoms with van der Waals surface area (Å²) in [6.45, 7) is -0.0423. The minimum Gasteiger partial charge on any atom is -0.614 e. The van der Waals surface area contributed by atoms with Crippen molar-refractivity contribution in [2.45, 2.75) is 49.4 Å². The Balaban J connectivity index is 0.00000514. The molecule has 17 heteroatoms. The van der Waals surface area contributed by atoms with Crippen molar-refractivity contribution in [1.29, 1.82) is 0 Å². The Bertz CT molecular complexity index is 1970. The number of aromatic nitrogens is 1. The minimum atomic E-state index is -3.38. The van der Waals surface area contributed by atoms with Crippen molar-refractivity contribution in [1.82, 2.24) is 20.1 Å². The molecular formula is C38H37F2IN6O6S2. The number of thiazole rings is 1. The van der Waals surface area contributed by atoms with E-state index in [1.807, 2.05) is 97.9 Å². The number of anilines is 1. The largest absolute Gasteiger partial charge is 0.614 e. The predicted molar refractivity (Wildman–Crippen MR) is 214 cm³/mol. The van der Waals surface area contributed by atoms with Crippen LogP contribution in [0, 0.1) is 0 Å². The number of likely N-dealkylation sites (tertiary alicyclic amines) is 1. The van der Waals surface area contributed by atoms with Crippen molar-refractivity contribution >= 4 is 75.1 Å². The molecule has 0 saturated carbocycles. The lowest BCUT2D eigenvalue weighted by Gasteiger charge is -2.50. The number of carbonyl (C=O) groups excluding carboxylic acids is 2. The zero-order chi connectivity index (χ0) is 38.0. The van der Waals surface area contributed by atoms with Crippen LogP contribution in [0.25, 0.3) is 0 Å². The molecule has 3 aliphatic heterocycles. The van der Waals surface area contributed by atoms with E-state index < -0.39 is 58.2 Å². The number of hydrogen-bond donors (Lipinski definition) is 3. The average Bonchev–Trinajstić information content (AvgIpc) is 3.90. The molecule has 3 unspecified atom stereocenters. The maximum atomic E-state index is 13.8. The van der Waals surface area contributed by atoms with Gasteiger partial charge in [-0.1, -0.05) is 96.2 Å². The van der Waals surface area contributed by atoms with E-state index in [1.165, 1.54) is 5.38 Å². The van der Waals surface area contributed by atoms with Gasteiger partial charge < -0.3 is 25.1 Å². The second-order valence-electron chi connectivity index (χ2n) is 13.0. The fraction of sp³-hybridized carbons (Fsp3) is 0.289. The van der Waals surface area contributed by atoms with Crippen molar-refractivity contribution in [3.05, 3.63) is 130 Å². The fourth-order valence-electron chi connectivity index (χ4n) is 7.36. The number of hydrogen-bond acceptors (Lipinski definition) is 10. The van der Waals surface area contributed by atoms with E-state index in [0.29, 0.717) is 10.7 Å². The summed E-state index contributed by atoms with van der Waals surface area (Å²) in [5.74, 6) is -3.34. The molecule has 1 aromatic heterocycles. The van der Waals surface area contributed by atoms with E-state index in [4.69, 9.17) is 0 Å². The summed E-state index contributed by atoms with van der Waals surface area (Å²) < 4.78 is 40.2. The molecule has 55 heavy (non-hydrogen) atoms. The third-order valence-electron chi connectivity index (χ3n) is 9.94. The Morgan fingerprint density at radius 3 is 2.05 bits per heavy atom. The van der Waals surface area contributed by atoms with Crippen LogP contribution in [0.4, 0.5) is 13.9 Å². The number of carboxylic acid groups (broad SMARTS) is 1. The Morgan fingerprint density at radius 1 is 1.00 bits per heavy atom. The number of rotatable bonds is 13. The first-order valence-corrected chi connectivity index (χ1v) is 19.5. The number of nitrogens with one attached hydrogen (secondary N) is 2. The highest BCUT2D eigenvalue weighted by molar-refractivity contribution is 14.0. The van der Waals surface area contributed by atoms with Gasteiger partial charge in [0.1, 0.15) is 22.7 Å². The molecule has 2 saturated heterocycles. The molecule has 4 aromatic rings. The molecule has 3 aliphatic rings. The van der Waals surface area contributed by atoms with E-state index in [1.54, 1.807) is 0 Å². The normalized spacial score (nSPS) is 20.7. The van der Waals surface area contributed by atoms with Crippen LogP contribution in [0.15, 0.2) is 113 Å². The standard InChI is InChI=1S/C38H36F2N6O6S2.HI/c1-23(45-19-11-12-20-45)27-22-54(51)34-30(33(48)46(34)31(27)35(49)50)42-32(47)29(44-52-36(39)40)28-21-53-37(41-28)43-38(24-13-5-2-6-14-24,25-15-7-3-8-16-25)26-17-9-4-10-18-26;/h2-10,13-18,21,23,30,34,36H,11-12,19-20,22H2,1H3,(H,41,43)(H,42,47)(H,49,50);1H/t23?,30?,34-,54?;/m0./s1. The second-order valence-corrected chi connectivity index (χ2v) is 15.4.